The average Bonchev–Trinajstić information content (AvgIpc) is 3.01. The SMILES string of the molecule is CCCN1C(=O)[C@H](CCCCNC(=O)OCc2ccccc2)NC(=O)C12CCN(C(=O)Cc1ccc(OC)cc1)CC2. The van der Waals surface area contributed by atoms with E-state index < -0.39 is 17.7 Å². The quantitative estimate of drug-likeness (QED) is 0.373. The lowest BCUT2D eigenvalue weighted by Gasteiger charge is -2.51. The van der Waals surface area contributed by atoms with Crippen molar-refractivity contribution < 1.29 is 28.7 Å². The lowest BCUT2D eigenvalue weighted by molar-refractivity contribution is -0.162. The second kappa shape index (κ2) is 14.7. The molecule has 0 saturated carbocycles. The summed E-state index contributed by atoms with van der Waals surface area (Å²) in [5.41, 5.74) is 0.894. The minimum Gasteiger partial charge on any atom is -0.497 e. The van der Waals surface area contributed by atoms with Gasteiger partial charge in [-0.25, -0.2) is 4.79 Å². The van der Waals surface area contributed by atoms with Crippen molar-refractivity contribution in [3.05, 3.63) is 65.7 Å². The Kier molecular flexibility index (Phi) is 10.8. The van der Waals surface area contributed by atoms with Gasteiger partial charge in [-0.1, -0.05) is 49.4 Å². The van der Waals surface area contributed by atoms with Crippen LogP contribution in [0.4, 0.5) is 4.79 Å². The first-order chi connectivity index (χ1) is 20.4. The Hall–Kier alpha value is -4.08. The summed E-state index contributed by atoms with van der Waals surface area (Å²) >= 11 is 0. The summed E-state index contributed by atoms with van der Waals surface area (Å²) in [5.74, 6) is 0.550. The van der Waals surface area contributed by atoms with E-state index in [0.29, 0.717) is 58.3 Å². The largest absolute Gasteiger partial charge is 0.497 e. The van der Waals surface area contributed by atoms with Crippen LogP contribution in [-0.2, 0) is 32.1 Å². The predicted molar refractivity (Wildman–Crippen MR) is 158 cm³/mol. The Morgan fingerprint density at radius 2 is 1.71 bits per heavy atom. The van der Waals surface area contributed by atoms with Gasteiger partial charge < -0.3 is 29.9 Å². The molecule has 1 atom stereocenters. The van der Waals surface area contributed by atoms with E-state index in [1.807, 2.05) is 61.5 Å². The molecule has 10 nitrogen and oxygen atoms in total. The zero-order chi connectivity index (χ0) is 30.0. The fourth-order valence-corrected chi connectivity index (χ4v) is 5.71. The normalized spacial score (nSPS) is 18.0. The number of unbranched alkanes of at least 4 members (excludes halogenated alkanes) is 1. The second-order valence-electron chi connectivity index (χ2n) is 10.9. The van der Waals surface area contributed by atoms with Crippen molar-refractivity contribution >= 4 is 23.8 Å². The Morgan fingerprint density at radius 3 is 2.38 bits per heavy atom. The first-order valence-electron chi connectivity index (χ1n) is 14.8. The molecule has 4 amide bonds. The number of carbonyl (C=O) groups is 4. The highest BCUT2D eigenvalue weighted by atomic mass is 16.5. The first kappa shape index (κ1) is 30.9. The number of nitrogens with one attached hydrogen (secondary N) is 2. The lowest BCUT2D eigenvalue weighted by Crippen LogP contribution is -2.73. The summed E-state index contributed by atoms with van der Waals surface area (Å²) in [6.45, 7) is 3.97. The number of ether oxygens (including phenoxy) is 2. The molecule has 2 saturated heterocycles. The minimum atomic E-state index is -0.926. The van der Waals surface area contributed by atoms with Gasteiger partial charge in [-0.05, 0) is 61.8 Å². The van der Waals surface area contributed by atoms with Crippen molar-refractivity contribution in [1.29, 1.82) is 0 Å². The van der Waals surface area contributed by atoms with Crippen LogP contribution >= 0.6 is 0 Å². The number of methoxy groups -OCH3 is 1. The molecule has 0 bridgehead atoms. The van der Waals surface area contributed by atoms with Gasteiger partial charge in [-0.3, -0.25) is 14.4 Å². The van der Waals surface area contributed by atoms with Gasteiger partial charge in [0.05, 0.1) is 13.5 Å². The van der Waals surface area contributed by atoms with Crippen molar-refractivity contribution in [2.45, 2.75) is 70.1 Å². The molecular weight excluding hydrogens is 536 g/mol. The molecule has 2 aromatic carbocycles. The van der Waals surface area contributed by atoms with Gasteiger partial charge in [-0.2, -0.15) is 0 Å². The van der Waals surface area contributed by atoms with Gasteiger partial charge in [0.2, 0.25) is 17.7 Å². The monoisotopic (exact) mass is 578 g/mol. The van der Waals surface area contributed by atoms with E-state index in [1.54, 1.807) is 16.9 Å². The van der Waals surface area contributed by atoms with Crippen molar-refractivity contribution in [2.75, 3.05) is 33.3 Å². The number of rotatable bonds is 12. The van der Waals surface area contributed by atoms with E-state index >= 15 is 0 Å². The number of piperidine rings is 1. The number of likely N-dealkylation sites (tertiary alicyclic amines) is 1. The fourth-order valence-electron chi connectivity index (χ4n) is 5.71. The third kappa shape index (κ3) is 7.60. The number of hydrogen-bond acceptors (Lipinski definition) is 6. The van der Waals surface area contributed by atoms with E-state index in [2.05, 4.69) is 10.6 Å². The van der Waals surface area contributed by atoms with Crippen LogP contribution in [0.2, 0.25) is 0 Å². The molecule has 2 aliphatic rings. The van der Waals surface area contributed by atoms with Gasteiger partial charge in [0.15, 0.2) is 0 Å². The molecule has 0 radical (unpaired) electrons. The van der Waals surface area contributed by atoms with Crippen LogP contribution in [0, 0.1) is 0 Å². The van der Waals surface area contributed by atoms with Crippen LogP contribution in [0.5, 0.6) is 5.75 Å². The number of nitrogens with zero attached hydrogens (tertiary/aromatic N) is 2. The molecule has 2 aromatic rings. The van der Waals surface area contributed by atoms with Crippen molar-refractivity contribution in [2.24, 2.45) is 0 Å². The lowest BCUT2D eigenvalue weighted by atomic mass is 9.81. The highest BCUT2D eigenvalue weighted by molar-refractivity contribution is 6.00. The van der Waals surface area contributed by atoms with Crippen LogP contribution in [0.1, 0.15) is 56.6 Å². The van der Waals surface area contributed by atoms with Crippen LogP contribution in [0.25, 0.3) is 0 Å². The molecule has 0 aromatic heterocycles. The number of carbonyl (C=O) groups excluding carboxylic acids is 4. The summed E-state index contributed by atoms with van der Waals surface area (Å²) in [4.78, 5) is 55.6. The molecule has 2 N–H and O–H groups in total. The van der Waals surface area contributed by atoms with Gasteiger partial charge >= 0.3 is 6.09 Å². The third-order valence-electron chi connectivity index (χ3n) is 8.12. The highest BCUT2D eigenvalue weighted by Gasteiger charge is 2.53. The molecule has 1 spiro atoms. The Bertz CT molecular complexity index is 1210. The van der Waals surface area contributed by atoms with Gasteiger partial charge in [0.1, 0.15) is 23.9 Å². The summed E-state index contributed by atoms with van der Waals surface area (Å²) in [7, 11) is 1.60. The molecule has 2 aliphatic heterocycles. The third-order valence-corrected chi connectivity index (χ3v) is 8.12. The summed E-state index contributed by atoms with van der Waals surface area (Å²) in [6, 6.07) is 16.3. The maximum Gasteiger partial charge on any atom is 0.407 e. The predicted octanol–water partition coefficient (Wildman–Crippen LogP) is 3.43. The van der Waals surface area contributed by atoms with Crippen LogP contribution in [0.15, 0.2) is 54.6 Å². The minimum absolute atomic E-state index is 0.00929. The highest BCUT2D eigenvalue weighted by Crippen LogP contribution is 2.34. The molecule has 226 valence electrons. The number of benzene rings is 2. The van der Waals surface area contributed by atoms with E-state index in [4.69, 9.17) is 9.47 Å². The van der Waals surface area contributed by atoms with Gasteiger partial charge in [-0.15, -0.1) is 0 Å². The maximum atomic E-state index is 13.6. The number of hydrogen-bond donors (Lipinski definition) is 2. The van der Waals surface area contributed by atoms with E-state index in [1.165, 1.54) is 0 Å². The van der Waals surface area contributed by atoms with Crippen molar-refractivity contribution in [3.8, 4) is 5.75 Å². The molecular formula is C32H42N4O6. The molecule has 4 rings (SSSR count). The maximum absolute atomic E-state index is 13.6. The number of piperazine rings is 1. The zero-order valence-corrected chi connectivity index (χ0v) is 24.6. The van der Waals surface area contributed by atoms with Gasteiger partial charge in [0.25, 0.3) is 0 Å². The molecule has 2 heterocycles. The molecule has 2 fully saturated rings. The topological polar surface area (TPSA) is 117 Å². The summed E-state index contributed by atoms with van der Waals surface area (Å²) in [6.07, 6.45) is 3.19. The number of alkyl carbamates (subject to hydrolysis) is 1. The molecule has 0 aliphatic carbocycles. The van der Waals surface area contributed by atoms with Crippen LogP contribution in [-0.4, -0.2) is 78.5 Å². The van der Waals surface area contributed by atoms with Crippen LogP contribution < -0.4 is 15.4 Å². The molecule has 42 heavy (non-hydrogen) atoms. The van der Waals surface area contributed by atoms with Gasteiger partial charge in [0, 0.05) is 26.2 Å². The second-order valence-corrected chi connectivity index (χ2v) is 10.9. The molecule has 0 unspecified atom stereocenters. The Morgan fingerprint density at radius 1 is 1.00 bits per heavy atom. The van der Waals surface area contributed by atoms with Crippen LogP contribution in [0.3, 0.4) is 0 Å². The Balaban J connectivity index is 1.23. The fraction of sp³-hybridized carbons (Fsp3) is 0.500. The summed E-state index contributed by atoms with van der Waals surface area (Å²) in [5, 5.41) is 5.73. The number of amides is 4. The van der Waals surface area contributed by atoms with E-state index in [-0.39, 0.29) is 30.7 Å². The molecule has 10 heteroatoms. The zero-order valence-electron chi connectivity index (χ0n) is 24.6. The van der Waals surface area contributed by atoms with E-state index in [9.17, 15) is 19.2 Å². The van der Waals surface area contributed by atoms with Crippen molar-refractivity contribution in [3.63, 3.8) is 0 Å². The summed E-state index contributed by atoms with van der Waals surface area (Å²) < 4.78 is 10.4. The smallest absolute Gasteiger partial charge is 0.407 e. The first-order valence-corrected chi connectivity index (χ1v) is 14.8. The Labute approximate surface area is 247 Å². The van der Waals surface area contributed by atoms with E-state index in [0.717, 1.165) is 23.3 Å². The average molecular weight is 579 g/mol. The standard InChI is InChI=1S/C32H42N4O6/c1-3-19-36-29(38)27(11-7-8-18-33-31(40)42-23-25-9-5-4-6-10-25)34-30(39)32(36)16-20-35(21-17-32)28(37)22-24-12-14-26(41-2)15-13-24/h4-6,9-10,12-15,27H,3,7-8,11,16-23H2,1-2H3,(H,33,40)(H,34,39)/t27-/m0/s1. The van der Waals surface area contributed by atoms with Crippen molar-refractivity contribution in [1.82, 2.24) is 20.4 Å².